The van der Waals surface area contributed by atoms with Gasteiger partial charge >= 0.3 is 11.9 Å². The quantitative estimate of drug-likeness (QED) is 0.538. The number of carbonyl (C=O) groups excluding carboxylic acids is 1. The van der Waals surface area contributed by atoms with Crippen molar-refractivity contribution in [1.29, 1.82) is 0 Å². The maximum Gasteiger partial charge on any atom is 0.342 e. The van der Waals surface area contributed by atoms with E-state index in [4.69, 9.17) is 18.9 Å². The summed E-state index contributed by atoms with van der Waals surface area (Å²) in [6, 6.07) is 17.9. The van der Waals surface area contributed by atoms with Crippen LogP contribution < -0.4 is 14.2 Å². The number of rotatable bonds is 6. The van der Waals surface area contributed by atoms with Crippen LogP contribution in [0.1, 0.15) is 27.0 Å². The van der Waals surface area contributed by atoms with Gasteiger partial charge < -0.3 is 29.2 Å². The van der Waals surface area contributed by atoms with E-state index in [1.165, 1.54) is 19.2 Å². The summed E-state index contributed by atoms with van der Waals surface area (Å²) in [5.41, 5.74) is 2.23. The lowest BCUT2D eigenvalue weighted by Gasteiger charge is -2.26. The van der Waals surface area contributed by atoms with Gasteiger partial charge in [-0.05, 0) is 59.7 Å². The monoisotopic (exact) mass is 460 g/mol. The van der Waals surface area contributed by atoms with Gasteiger partial charge in [0.05, 0.1) is 18.2 Å². The second-order valence-electron chi connectivity index (χ2n) is 7.86. The van der Waals surface area contributed by atoms with Crippen molar-refractivity contribution in [3.8, 4) is 17.2 Å². The van der Waals surface area contributed by atoms with E-state index in [1.54, 1.807) is 54.6 Å². The number of aromatic carboxylic acids is 1. The lowest BCUT2D eigenvalue weighted by molar-refractivity contribution is -0.185. The van der Waals surface area contributed by atoms with Crippen molar-refractivity contribution >= 4 is 17.5 Å². The van der Waals surface area contributed by atoms with E-state index in [9.17, 15) is 19.8 Å². The van der Waals surface area contributed by atoms with Crippen LogP contribution >= 0.6 is 0 Å². The Bertz CT molecular complexity index is 1310. The molecule has 0 saturated heterocycles. The number of hydrogen-bond donors (Lipinski definition) is 2. The lowest BCUT2D eigenvalue weighted by atomic mass is 9.88. The van der Waals surface area contributed by atoms with Crippen molar-refractivity contribution in [3.05, 3.63) is 94.6 Å². The summed E-state index contributed by atoms with van der Waals surface area (Å²) in [5.74, 6) is -2.12. The van der Waals surface area contributed by atoms with Crippen LogP contribution in [0.15, 0.2) is 72.3 Å². The summed E-state index contributed by atoms with van der Waals surface area (Å²) in [7, 11) is 1.53. The van der Waals surface area contributed by atoms with Crippen molar-refractivity contribution < 1.29 is 38.7 Å². The lowest BCUT2D eigenvalue weighted by Crippen LogP contribution is -2.29. The minimum Gasteiger partial charge on any atom is -0.497 e. The number of methoxy groups -OCH3 is 1. The van der Waals surface area contributed by atoms with Gasteiger partial charge in [-0.2, -0.15) is 0 Å². The van der Waals surface area contributed by atoms with Crippen LogP contribution in [0.25, 0.3) is 5.57 Å². The zero-order valence-corrected chi connectivity index (χ0v) is 18.1. The zero-order chi connectivity index (χ0) is 23.9. The average molecular weight is 460 g/mol. The van der Waals surface area contributed by atoms with Gasteiger partial charge in [0.15, 0.2) is 11.5 Å². The van der Waals surface area contributed by atoms with Gasteiger partial charge in [0.1, 0.15) is 5.75 Å². The molecule has 8 heteroatoms. The molecular weight excluding hydrogens is 440 g/mol. The number of carboxylic acid groups (broad SMARTS) is 1. The third-order valence-electron chi connectivity index (χ3n) is 5.88. The molecule has 0 saturated carbocycles. The standard InChI is InChI=1S/C26H20O8/c1-31-19-9-7-18(8-10-19)26(30)20(12-15-2-4-16(5-3-15)24(27)28)23(25(29)34-26)17-6-11-21-22(13-17)33-14-32-21/h2-11,13,30H,12,14H2,1H3,(H,27,28). The maximum atomic E-state index is 13.1. The molecule has 34 heavy (non-hydrogen) atoms. The fourth-order valence-corrected chi connectivity index (χ4v) is 4.11. The van der Waals surface area contributed by atoms with E-state index >= 15 is 0 Å². The fourth-order valence-electron chi connectivity index (χ4n) is 4.11. The van der Waals surface area contributed by atoms with Crippen LogP contribution in [0.3, 0.4) is 0 Å². The predicted octanol–water partition coefficient (Wildman–Crippen LogP) is 3.52. The number of cyclic esters (lactones) is 1. The van der Waals surface area contributed by atoms with Crippen LogP contribution in [-0.4, -0.2) is 36.1 Å². The minimum absolute atomic E-state index is 0.0842. The van der Waals surface area contributed by atoms with Crippen molar-refractivity contribution in [2.75, 3.05) is 13.9 Å². The molecule has 0 aliphatic carbocycles. The van der Waals surface area contributed by atoms with Crippen LogP contribution in [0.5, 0.6) is 17.2 Å². The van der Waals surface area contributed by atoms with E-state index in [-0.39, 0.29) is 24.4 Å². The van der Waals surface area contributed by atoms with Crippen LogP contribution in [-0.2, 0) is 21.7 Å². The number of benzene rings is 3. The molecule has 3 aromatic carbocycles. The number of fused-ring (bicyclic) bond motifs is 1. The maximum absolute atomic E-state index is 13.1. The van der Waals surface area contributed by atoms with Gasteiger partial charge in [-0.1, -0.05) is 18.2 Å². The van der Waals surface area contributed by atoms with Gasteiger partial charge in [-0.3, -0.25) is 0 Å². The minimum atomic E-state index is -2.03. The highest BCUT2D eigenvalue weighted by atomic mass is 16.7. The van der Waals surface area contributed by atoms with Crippen molar-refractivity contribution in [2.45, 2.75) is 12.2 Å². The molecule has 1 unspecified atom stereocenters. The van der Waals surface area contributed by atoms with Crippen LogP contribution in [0.4, 0.5) is 0 Å². The van der Waals surface area contributed by atoms with Crippen molar-refractivity contribution in [1.82, 2.24) is 0 Å². The largest absolute Gasteiger partial charge is 0.497 e. The molecule has 0 aromatic heterocycles. The molecule has 2 aliphatic rings. The molecule has 0 bridgehead atoms. The van der Waals surface area contributed by atoms with Crippen molar-refractivity contribution in [2.24, 2.45) is 0 Å². The SMILES string of the molecule is COc1ccc(C2(O)OC(=O)C(c3ccc4c(c3)OCO4)=C2Cc2ccc(C(=O)O)cc2)cc1. The van der Waals surface area contributed by atoms with Gasteiger partial charge in [-0.25, -0.2) is 9.59 Å². The van der Waals surface area contributed by atoms with E-state index in [0.29, 0.717) is 39.5 Å². The first-order valence-electron chi connectivity index (χ1n) is 10.4. The summed E-state index contributed by atoms with van der Waals surface area (Å²) in [6.45, 7) is 0.0842. The Hall–Kier alpha value is -4.30. The fraction of sp³-hybridized carbons (Fsp3) is 0.154. The Balaban J connectivity index is 1.64. The van der Waals surface area contributed by atoms with Gasteiger partial charge in [0, 0.05) is 17.6 Å². The molecule has 3 aromatic rings. The highest BCUT2D eigenvalue weighted by Crippen LogP contribution is 2.46. The molecule has 5 rings (SSSR count). The molecule has 2 N–H and O–H groups in total. The second kappa shape index (κ2) is 8.24. The smallest absolute Gasteiger partial charge is 0.342 e. The summed E-state index contributed by atoms with van der Waals surface area (Å²) in [5, 5.41) is 20.9. The first-order valence-corrected chi connectivity index (χ1v) is 10.4. The van der Waals surface area contributed by atoms with Gasteiger partial charge in [0.25, 0.3) is 5.79 Å². The Labute approximate surface area is 194 Å². The third kappa shape index (κ3) is 3.64. The van der Waals surface area contributed by atoms with E-state index in [0.717, 1.165) is 0 Å². The van der Waals surface area contributed by atoms with Gasteiger partial charge in [0.2, 0.25) is 6.79 Å². The normalized spacial score (nSPS) is 18.7. The number of ether oxygens (including phenoxy) is 4. The summed E-state index contributed by atoms with van der Waals surface area (Å²) in [6.07, 6.45) is 0.137. The number of carbonyl (C=O) groups is 2. The molecule has 8 nitrogen and oxygen atoms in total. The molecular formula is C26H20O8. The number of carboxylic acids is 1. The molecule has 0 fully saturated rings. The molecule has 1 atom stereocenters. The zero-order valence-electron chi connectivity index (χ0n) is 18.1. The molecule has 172 valence electrons. The Kier molecular flexibility index (Phi) is 5.22. The molecule has 2 aliphatic heterocycles. The second-order valence-corrected chi connectivity index (χ2v) is 7.86. The van der Waals surface area contributed by atoms with E-state index < -0.39 is 17.7 Å². The van der Waals surface area contributed by atoms with E-state index in [2.05, 4.69) is 0 Å². The molecule has 0 radical (unpaired) electrons. The predicted molar refractivity (Wildman–Crippen MR) is 120 cm³/mol. The first kappa shape index (κ1) is 21.5. The average Bonchev–Trinajstić information content (AvgIpc) is 3.41. The molecule has 0 spiro atoms. The Morgan fingerprint density at radius 1 is 1.00 bits per heavy atom. The highest BCUT2D eigenvalue weighted by molar-refractivity contribution is 6.20. The number of hydrogen-bond acceptors (Lipinski definition) is 7. The molecule has 0 amide bonds. The van der Waals surface area contributed by atoms with E-state index in [1.807, 2.05) is 0 Å². The first-order chi connectivity index (χ1) is 16.4. The third-order valence-corrected chi connectivity index (χ3v) is 5.88. The topological polar surface area (TPSA) is 112 Å². The highest BCUT2D eigenvalue weighted by Gasteiger charge is 2.48. The van der Waals surface area contributed by atoms with Crippen LogP contribution in [0, 0.1) is 0 Å². The Morgan fingerprint density at radius 2 is 1.71 bits per heavy atom. The Morgan fingerprint density at radius 3 is 2.38 bits per heavy atom. The summed E-state index contributed by atoms with van der Waals surface area (Å²) < 4.78 is 21.6. The van der Waals surface area contributed by atoms with Crippen LogP contribution in [0.2, 0.25) is 0 Å². The van der Waals surface area contributed by atoms with Gasteiger partial charge in [-0.15, -0.1) is 0 Å². The number of aliphatic hydroxyl groups is 1. The van der Waals surface area contributed by atoms with Crippen molar-refractivity contribution in [3.63, 3.8) is 0 Å². The number of esters is 1. The summed E-state index contributed by atoms with van der Waals surface area (Å²) >= 11 is 0. The summed E-state index contributed by atoms with van der Waals surface area (Å²) in [4.78, 5) is 24.3. The molecule has 2 heterocycles.